The average molecular weight is 387 g/mol. The van der Waals surface area contributed by atoms with Gasteiger partial charge in [0.15, 0.2) is 6.10 Å². The maximum atomic E-state index is 12.2. The molecule has 6 nitrogen and oxygen atoms in total. The third-order valence-corrected chi connectivity index (χ3v) is 4.42. The van der Waals surface area contributed by atoms with Gasteiger partial charge in [-0.05, 0) is 38.0 Å². The van der Waals surface area contributed by atoms with Crippen molar-refractivity contribution in [2.45, 2.75) is 38.7 Å². The average Bonchev–Trinajstić information content (AvgIpc) is 2.75. The lowest BCUT2D eigenvalue weighted by atomic mass is 10.2. The molecule has 25 heavy (non-hydrogen) atoms. The number of hydrogen-bond donors (Lipinski definition) is 1. The van der Waals surface area contributed by atoms with E-state index in [0.29, 0.717) is 28.7 Å². The quantitative estimate of drug-likeness (QED) is 0.787. The number of ether oxygens (including phenoxy) is 1. The molecule has 1 aliphatic rings. The summed E-state index contributed by atoms with van der Waals surface area (Å²) in [5.41, 5.74) is 0.338. The number of nitrogens with zero attached hydrogens (tertiary/aromatic N) is 1. The lowest BCUT2D eigenvalue weighted by Crippen LogP contribution is -2.38. The van der Waals surface area contributed by atoms with Crippen LogP contribution in [0.15, 0.2) is 18.2 Å². The lowest BCUT2D eigenvalue weighted by molar-refractivity contribution is -0.156. The second kappa shape index (κ2) is 9.06. The van der Waals surface area contributed by atoms with Crippen molar-refractivity contribution in [2.75, 3.05) is 18.4 Å². The van der Waals surface area contributed by atoms with Gasteiger partial charge in [-0.15, -0.1) is 0 Å². The molecule has 2 rings (SSSR count). The Morgan fingerprint density at radius 2 is 2.04 bits per heavy atom. The van der Waals surface area contributed by atoms with E-state index in [4.69, 9.17) is 27.9 Å². The van der Waals surface area contributed by atoms with Crippen molar-refractivity contribution in [2.24, 2.45) is 0 Å². The maximum Gasteiger partial charge on any atom is 0.326 e. The van der Waals surface area contributed by atoms with Gasteiger partial charge in [-0.2, -0.15) is 0 Å². The molecule has 0 spiro atoms. The molecule has 8 heteroatoms. The van der Waals surface area contributed by atoms with Gasteiger partial charge in [0.25, 0.3) is 5.91 Å². The summed E-state index contributed by atoms with van der Waals surface area (Å²) in [4.78, 5) is 37.5. The summed E-state index contributed by atoms with van der Waals surface area (Å²) in [7, 11) is 0. The zero-order valence-corrected chi connectivity index (χ0v) is 15.4. The molecule has 1 aliphatic heterocycles. The monoisotopic (exact) mass is 386 g/mol. The second-order valence-corrected chi connectivity index (χ2v) is 6.72. The Kier molecular flexibility index (Phi) is 7.08. The fraction of sp³-hybridized carbons (Fsp3) is 0.471. The number of carbonyl (C=O) groups is 3. The van der Waals surface area contributed by atoms with Gasteiger partial charge in [-0.1, -0.05) is 29.6 Å². The predicted octanol–water partition coefficient (Wildman–Crippen LogP) is 3.27. The van der Waals surface area contributed by atoms with E-state index in [-0.39, 0.29) is 12.5 Å². The lowest BCUT2D eigenvalue weighted by Gasteiger charge is -2.21. The topological polar surface area (TPSA) is 75.7 Å². The molecule has 0 saturated carbocycles. The van der Waals surface area contributed by atoms with Crippen LogP contribution < -0.4 is 5.32 Å². The standard InChI is InChI=1S/C17H20Cl2N2O4/c1-11(17(24)20-14-9-12(18)6-7-13(14)19)25-16(23)10-21-8-4-2-3-5-15(21)22/h6-7,9,11H,2-5,8,10H2,1H3,(H,20,24). The van der Waals surface area contributed by atoms with Crippen LogP contribution in [0.5, 0.6) is 0 Å². The minimum atomic E-state index is -1.02. The molecular weight excluding hydrogens is 367 g/mol. The number of anilines is 1. The number of esters is 1. The van der Waals surface area contributed by atoms with Gasteiger partial charge in [-0.3, -0.25) is 14.4 Å². The van der Waals surface area contributed by atoms with Crippen LogP contribution in [0.25, 0.3) is 0 Å². The number of halogens is 2. The van der Waals surface area contributed by atoms with Crippen LogP contribution in [0, 0.1) is 0 Å². The van der Waals surface area contributed by atoms with Crippen molar-refractivity contribution in [3.63, 3.8) is 0 Å². The van der Waals surface area contributed by atoms with Crippen LogP contribution in [0.1, 0.15) is 32.6 Å². The third-order valence-electron chi connectivity index (χ3n) is 3.86. The summed E-state index contributed by atoms with van der Waals surface area (Å²) in [6, 6.07) is 4.66. The van der Waals surface area contributed by atoms with Gasteiger partial charge in [0.2, 0.25) is 5.91 Å². The van der Waals surface area contributed by atoms with E-state index in [1.54, 1.807) is 12.1 Å². The smallest absolute Gasteiger partial charge is 0.326 e. The van der Waals surface area contributed by atoms with E-state index < -0.39 is 18.0 Å². The Labute approximate surface area is 156 Å². The Bertz CT molecular complexity index is 666. The molecule has 0 aromatic heterocycles. The van der Waals surface area contributed by atoms with Crippen LogP contribution in [0.2, 0.25) is 10.0 Å². The summed E-state index contributed by atoms with van der Waals surface area (Å²) >= 11 is 11.9. The van der Waals surface area contributed by atoms with Crippen LogP contribution >= 0.6 is 23.2 Å². The summed E-state index contributed by atoms with van der Waals surface area (Å²) in [6.45, 7) is 1.84. The first-order valence-corrected chi connectivity index (χ1v) is 8.85. The molecule has 1 aromatic rings. The SMILES string of the molecule is CC(OC(=O)CN1CCCCCC1=O)C(=O)Nc1cc(Cl)ccc1Cl. The first-order chi connectivity index (χ1) is 11.9. The molecule has 0 bridgehead atoms. The van der Waals surface area contributed by atoms with Crippen molar-refractivity contribution in [3.05, 3.63) is 28.2 Å². The number of hydrogen-bond acceptors (Lipinski definition) is 4. The molecule has 2 amide bonds. The van der Waals surface area contributed by atoms with Crippen molar-refractivity contribution in [1.29, 1.82) is 0 Å². The molecule has 1 atom stereocenters. The van der Waals surface area contributed by atoms with E-state index in [1.165, 1.54) is 17.9 Å². The molecule has 1 unspecified atom stereocenters. The number of benzene rings is 1. The normalized spacial score (nSPS) is 16.1. The second-order valence-electron chi connectivity index (χ2n) is 5.87. The highest BCUT2D eigenvalue weighted by Gasteiger charge is 2.23. The number of likely N-dealkylation sites (tertiary alicyclic amines) is 1. The summed E-state index contributed by atoms with van der Waals surface area (Å²) < 4.78 is 5.13. The Morgan fingerprint density at radius 1 is 1.28 bits per heavy atom. The number of carbonyl (C=O) groups excluding carboxylic acids is 3. The maximum absolute atomic E-state index is 12.2. The first-order valence-electron chi connectivity index (χ1n) is 8.10. The van der Waals surface area contributed by atoms with E-state index in [2.05, 4.69) is 5.32 Å². The number of rotatable bonds is 5. The van der Waals surface area contributed by atoms with Crippen LogP contribution in [-0.4, -0.2) is 41.9 Å². The molecular formula is C17H20Cl2N2O4. The predicted molar refractivity (Wildman–Crippen MR) is 95.7 cm³/mol. The fourth-order valence-corrected chi connectivity index (χ4v) is 2.81. The molecule has 1 aromatic carbocycles. The van der Waals surface area contributed by atoms with Gasteiger partial charge in [0.05, 0.1) is 10.7 Å². The minimum Gasteiger partial charge on any atom is -0.451 e. The van der Waals surface area contributed by atoms with E-state index >= 15 is 0 Å². The van der Waals surface area contributed by atoms with E-state index in [0.717, 1.165) is 19.3 Å². The summed E-state index contributed by atoms with van der Waals surface area (Å²) in [5, 5.41) is 3.31. The van der Waals surface area contributed by atoms with Gasteiger partial charge in [0.1, 0.15) is 6.54 Å². The first kappa shape index (κ1) is 19.5. The highest BCUT2D eigenvalue weighted by Crippen LogP contribution is 2.25. The Hall–Kier alpha value is -1.79. The molecule has 0 radical (unpaired) electrons. The molecule has 1 saturated heterocycles. The van der Waals surface area contributed by atoms with Gasteiger partial charge >= 0.3 is 5.97 Å². The minimum absolute atomic E-state index is 0.0581. The molecule has 1 heterocycles. The van der Waals surface area contributed by atoms with Crippen molar-refractivity contribution < 1.29 is 19.1 Å². The van der Waals surface area contributed by atoms with Crippen molar-refractivity contribution in [3.8, 4) is 0 Å². The largest absolute Gasteiger partial charge is 0.451 e. The van der Waals surface area contributed by atoms with E-state index in [1.807, 2.05) is 0 Å². The van der Waals surface area contributed by atoms with Crippen LogP contribution in [-0.2, 0) is 19.1 Å². The van der Waals surface area contributed by atoms with Crippen LogP contribution in [0.3, 0.4) is 0 Å². The molecule has 1 N–H and O–H groups in total. The van der Waals surface area contributed by atoms with Crippen molar-refractivity contribution in [1.82, 2.24) is 4.90 Å². The third kappa shape index (κ3) is 5.90. The number of nitrogens with one attached hydrogen (secondary N) is 1. The highest BCUT2D eigenvalue weighted by molar-refractivity contribution is 6.35. The number of amides is 2. The summed E-state index contributed by atoms with van der Waals surface area (Å²) in [5.74, 6) is -1.20. The Balaban J connectivity index is 1.88. The molecule has 0 aliphatic carbocycles. The van der Waals surface area contributed by atoms with Crippen molar-refractivity contribution >= 4 is 46.7 Å². The van der Waals surface area contributed by atoms with Gasteiger partial charge < -0.3 is 15.0 Å². The molecule has 136 valence electrons. The Morgan fingerprint density at radius 3 is 2.80 bits per heavy atom. The molecule has 1 fully saturated rings. The van der Waals surface area contributed by atoms with Crippen LogP contribution in [0.4, 0.5) is 5.69 Å². The van der Waals surface area contributed by atoms with E-state index in [9.17, 15) is 14.4 Å². The fourth-order valence-electron chi connectivity index (χ4n) is 2.48. The highest BCUT2D eigenvalue weighted by atomic mass is 35.5. The zero-order valence-electron chi connectivity index (χ0n) is 13.9. The summed E-state index contributed by atoms with van der Waals surface area (Å²) in [6.07, 6.45) is 2.09. The zero-order chi connectivity index (χ0) is 18.4. The van der Waals surface area contributed by atoms with Gasteiger partial charge in [-0.25, -0.2) is 0 Å². The van der Waals surface area contributed by atoms with Gasteiger partial charge in [0, 0.05) is 18.0 Å².